The lowest BCUT2D eigenvalue weighted by Crippen LogP contribution is -2.12. The van der Waals surface area contributed by atoms with Gasteiger partial charge in [0.25, 0.3) is 0 Å². The number of rotatable bonds is 3. The van der Waals surface area contributed by atoms with Crippen LogP contribution in [0.4, 0.5) is 0 Å². The third-order valence-corrected chi connectivity index (χ3v) is 4.50. The van der Waals surface area contributed by atoms with E-state index in [-0.39, 0.29) is 0 Å². The molecule has 1 atom stereocenters. The standard InChI is InChI=1S/C19H23N/c1-14(20-2)16-8-5-9-18(12-16)19-11-10-15-6-3-4-7-17(15)13-19/h5,8-14,20H,3-4,6-7H2,1-2H3. The number of fused-ring (bicyclic) bond motifs is 1. The Labute approximate surface area is 122 Å². The van der Waals surface area contributed by atoms with Crippen LogP contribution < -0.4 is 5.32 Å². The quantitative estimate of drug-likeness (QED) is 0.860. The van der Waals surface area contributed by atoms with Crippen LogP contribution in [-0.4, -0.2) is 7.05 Å². The van der Waals surface area contributed by atoms with Gasteiger partial charge in [0.15, 0.2) is 0 Å². The van der Waals surface area contributed by atoms with Gasteiger partial charge < -0.3 is 5.32 Å². The van der Waals surface area contributed by atoms with Crippen LogP contribution in [0.15, 0.2) is 42.5 Å². The van der Waals surface area contributed by atoms with Crippen molar-refractivity contribution in [1.82, 2.24) is 5.32 Å². The van der Waals surface area contributed by atoms with Gasteiger partial charge in [0, 0.05) is 6.04 Å². The smallest absolute Gasteiger partial charge is 0.0289 e. The molecule has 0 saturated heterocycles. The summed E-state index contributed by atoms with van der Waals surface area (Å²) in [6.07, 6.45) is 5.19. The van der Waals surface area contributed by atoms with Crippen molar-refractivity contribution in [3.63, 3.8) is 0 Å². The Kier molecular flexibility index (Phi) is 3.88. The van der Waals surface area contributed by atoms with Gasteiger partial charge in [0.2, 0.25) is 0 Å². The Balaban J connectivity index is 1.96. The van der Waals surface area contributed by atoms with Gasteiger partial charge in [-0.15, -0.1) is 0 Å². The number of nitrogens with one attached hydrogen (secondary N) is 1. The fourth-order valence-corrected chi connectivity index (χ4v) is 3.07. The highest BCUT2D eigenvalue weighted by Crippen LogP contribution is 2.28. The molecule has 1 nitrogen and oxygen atoms in total. The van der Waals surface area contributed by atoms with Crippen LogP contribution in [0.1, 0.15) is 42.5 Å². The average Bonchev–Trinajstić information content (AvgIpc) is 2.53. The predicted molar refractivity (Wildman–Crippen MR) is 86.0 cm³/mol. The van der Waals surface area contributed by atoms with Crippen molar-refractivity contribution in [3.8, 4) is 11.1 Å². The number of aryl methyl sites for hydroxylation is 2. The average molecular weight is 265 g/mol. The summed E-state index contributed by atoms with van der Waals surface area (Å²) in [6.45, 7) is 2.20. The highest BCUT2D eigenvalue weighted by atomic mass is 14.8. The zero-order valence-corrected chi connectivity index (χ0v) is 12.4. The Morgan fingerprint density at radius 1 is 0.900 bits per heavy atom. The molecule has 0 bridgehead atoms. The summed E-state index contributed by atoms with van der Waals surface area (Å²) >= 11 is 0. The maximum Gasteiger partial charge on any atom is 0.0289 e. The minimum absolute atomic E-state index is 0.396. The van der Waals surface area contributed by atoms with Crippen LogP contribution in [0.3, 0.4) is 0 Å². The predicted octanol–water partition coefficient (Wildman–Crippen LogP) is 4.51. The molecule has 2 aromatic carbocycles. The number of hydrogen-bond donors (Lipinski definition) is 1. The molecule has 20 heavy (non-hydrogen) atoms. The van der Waals surface area contributed by atoms with Crippen molar-refractivity contribution in [2.75, 3.05) is 7.05 Å². The van der Waals surface area contributed by atoms with Crippen LogP contribution >= 0.6 is 0 Å². The minimum Gasteiger partial charge on any atom is -0.313 e. The fraction of sp³-hybridized carbons (Fsp3) is 0.368. The molecule has 3 rings (SSSR count). The molecule has 1 aliphatic carbocycles. The molecule has 1 heteroatoms. The lowest BCUT2D eigenvalue weighted by Gasteiger charge is -2.17. The van der Waals surface area contributed by atoms with Gasteiger partial charge in [-0.25, -0.2) is 0 Å². The molecule has 0 saturated carbocycles. The van der Waals surface area contributed by atoms with Gasteiger partial charge in [-0.1, -0.05) is 36.4 Å². The van der Waals surface area contributed by atoms with Crippen LogP contribution in [-0.2, 0) is 12.8 Å². The molecule has 104 valence electrons. The van der Waals surface area contributed by atoms with Gasteiger partial charge in [0.05, 0.1) is 0 Å². The summed E-state index contributed by atoms with van der Waals surface area (Å²) in [5.41, 5.74) is 7.15. The van der Waals surface area contributed by atoms with E-state index in [1.165, 1.54) is 42.4 Å². The molecule has 2 aromatic rings. The first kappa shape index (κ1) is 13.4. The Hall–Kier alpha value is -1.60. The van der Waals surface area contributed by atoms with Crippen molar-refractivity contribution < 1.29 is 0 Å². The summed E-state index contributed by atoms with van der Waals surface area (Å²) < 4.78 is 0. The van der Waals surface area contributed by atoms with Crippen LogP contribution in [0.5, 0.6) is 0 Å². The van der Waals surface area contributed by atoms with E-state index in [4.69, 9.17) is 0 Å². The highest BCUT2D eigenvalue weighted by Gasteiger charge is 2.11. The second-order valence-corrected chi connectivity index (χ2v) is 5.83. The van der Waals surface area contributed by atoms with Crippen LogP contribution in [0.25, 0.3) is 11.1 Å². The van der Waals surface area contributed by atoms with E-state index in [0.29, 0.717) is 6.04 Å². The third-order valence-electron chi connectivity index (χ3n) is 4.50. The van der Waals surface area contributed by atoms with E-state index < -0.39 is 0 Å². The second kappa shape index (κ2) is 5.80. The molecule has 0 heterocycles. The van der Waals surface area contributed by atoms with E-state index in [1.807, 2.05) is 7.05 Å². The van der Waals surface area contributed by atoms with E-state index in [1.54, 1.807) is 11.1 Å². The molecule has 1 unspecified atom stereocenters. The molecule has 0 spiro atoms. The SMILES string of the molecule is CNC(C)c1cccc(-c2ccc3c(c2)CCCC3)c1. The van der Waals surface area contributed by atoms with E-state index >= 15 is 0 Å². The molecule has 1 aliphatic rings. The van der Waals surface area contributed by atoms with Gasteiger partial charge >= 0.3 is 0 Å². The summed E-state index contributed by atoms with van der Waals surface area (Å²) in [5, 5.41) is 3.31. The molecule has 0 radical (unpaired) electrons. The minimum atomic E-state index is 0.396. The molecule has 0 amide bonds. The van der Waals surface area contributed by atoms with Crippen molar-refractivity contribution in [1.29, 1.82) is 0 Å². The summed E-state index contributed by atoms with van der Waals surface area (Å²) in [5.74, 6) is 0. The summed E-state index contributed by atoms with van der Waals surface area (Å²) in [6, 6.07) is 16.3. The van der Waals surface area contributed by atoms with Crippen LogP contribution in [0.2, 0.25) is 0 Å². The molecular weight excluding hydrogens is 242 g/mol. The molecular formula is C19H23N. The topological polar surface area (TPSA) is 12.0 Å². The molecule has 0 aliphatic heterocycles. The van der Waals surface area contributed by atoms with E-state index in [9.17, 15) is 0 Å². The fourth-order valence-electron chi connectivity index (χ4n) is 3.07. The molecule has 0 fully saturated rings. The van der Waals surface area contributed by atoms with E-state index in [2.05, 4.69) is 54.7 Å². The summed E-state index contributed by atoms with van der Waals surface area (Å²) in [7, 11) is 2.01. The van der Waals surface area contributed by atoms with Crippen LogP contribution in [0, 0.1) is 0 Å². The van der Waals surface area contributed by atoms with Crippen molar-refractivity contribution in [3.05, 3.63) is 59.2 Å². The number of hydrogen-bond acceptors (Lipinski definition) is 1. The normalized spacial score (nSPS) is 15.7. The van der Waals surface area contributed by atoms with Gasteiger partial charge in [-0.05, 0) is 73.5 Å². The van der Waals surface area contributed by atoms with Gasteiger partial charge in [-0.2, -0.15) is 0 Å². The Bertz CT molecular complexity index is 600. The maximum absolute atomic E-state index is 3.31. The maximum atomic E-state index is 3.31. The zero-order chi connectivity index (χ0) is 13.9. The van der Waals surface area contributed by atoms with Crippen molar-refractivity contribution in [2.24, 2.45) is 0 Å². The zero-order valence-electron chi connectivity index (χ0n) is 12.4. The molecule has 1 N–H and O–H groups in total. The second-order valence-electron chi connectivity index (χ2n) is 5.83. The number of benzene rings is 2. The van der Waals surface area contributed by atoms with Crippen molar-refractivity contribution >= 4 is 0 Å². The Morgan fingerprint density at radius 2 is 1.65 bits per heavy atom. The first-order valence-electron chi connectivity index (χ1n) is 7.67. The first-order valence-corrected chi connectivity index (χ1v) is 7.67. The van der Waals surface area contributed by atoms with E-state index in [0.717, 1.165) is 0 Å². The third kappa shape index (κ3) is 2.64. The lowest BCUT2D eigenvalue weighted by molar-refractivity contribution is 0.652. The monoisotopic (exact) mass is 265 g/mol. The largest absolute Gasteiger partial charge is 0.313 e. The van der Waals surface area contributed by atoms with Gasteiger partial charge in [-0.3, -0.25) is 0 Å². The van der Waals surface area contributed by atoms with Crippen molar-refractivity contribution in [2.45, 2.75) is 38.6 Å². The van der Waals surface area contributed by atoms with Gasteiger partial charge in [0.1, 0.15) is 0 Å². The summed E-state index contributed by atoms with van der Waals surface area (Å²) in [4.78, 5) is 0. The molecule has 0 aromatic heterocycles. The first-order chi connectivity index (χ1) is 9.78. The lowest BCUT2D eigenvalue weighted by atomic mass is 9.89. The Morgan fingerprint density at radius 3 is 2.45 bits per heavy atom. The highest BCUT2D eigenvalue weighted by molar-refractivity contribution is 5.66.